The van der Waals surface area contributed by atoms with Crippen LogP contribution in [0.2, 0.25) is 0 Å². The number of aromatic nitrogens is 1. The molecule has 0 spiro atoms. The van der Waals surface area contributed by atoms with Crippen LogP contribution in [-0.4, -0.2) is 17.9 Å². The highest BCUT2D eigenvalue weighted by atomic mass is 79.9. The van der Waals surface area contributed by atoms with Crippen molar-refractivity contribution in [1.82, 2.24) is 4.98 Å². The van der Waals surface area contributed by atoms with Crippen LogP contribution in [0, 0.1) is 0 Å². The summed E-state index contributed by atoms with van der Waals surface area (Å²) in [6.45, 7) is 0. The fraction of sp³-hybridized carbons (Fsp3) is 0.167. The first kappa shape index (κ1) is 12.3. The van der Waals surface area contributed by atoms with E-state index in [4.69, 9.17) is 4.74 Å². The molecule has 5 heteroatoms. The number of Topliss-reactive ketones (excluding diaryl/α,β-unsaturated/α-hetero) is 1. The van der Waals surface area contributed by atoms with Crippen molar-refractivity contribution in [2.45, 2.75) is 6.42 Å². The van der Waals surface area contributed by atoms with E-state index in [0.29, 0.717) is 11.3 Å². The molecule has 0 aliphatic rings. The van der Waals surface area contributed by atoms with Crippen LogP contribution in [-0.2, 0) is 6.42 Å². The third-order valence-electron chi connectivity index (χ3n) is 2.31. The molecule has 0 aliphatic carbocycles. The van der Waals surface area contributed by atoms with Crippen molar-refractivity contribution in [1.29, 1.82) is 0 Å². The number of benzene rings is 1. The van der Waals surface area contributed by atoms with Crippen molar-refractivity contribution >= 4 is 33.0 Å². The number of carbonyl (C=O) groups is 1. The number of hydrogen-bond donors (Lipinski definition) is 0. The zero-order valence-electron chi connectivity index (χ0n) is 9.14. The second kappa shape index (κ2) is 5.42. The molecule has 0 amide bonds. The first-order valence-corrected chi connectivity index (χ1v) is 6.62. The van der Waals surface area contributed by atoms with Crippen molar-refractivity contribution in [3.8, 4) is 5.75 Å². The fourth-order valence-corrected chi connectivity index (χ4v) is 2.37. The molecule has 17 heavy (non-hydrogen) atoms. The number of nitrogens with zero attached hydrogens (tertiary/aromatic N) is 1. The Hall–Kier alpha value is -1.20. The largest absolute Gasteiger partial charge is 0.497 e. The van der Waals surface area contributed by atoms with Gasteiger partial charge in [-0.05, 0) is 23.8 Å². The molecule has 0 saturated heterocycles. The highest BCUT2D eigenvalue weighted by Crippen LogP contribution is 2.24. The summed E-state index contributed by atoms with van der Waals surface area (Å²) in [5, 5.41) is 0. The van der Waals surface area contributed by atoms with Crippen LogP contribution in [0.15, 0.2) is 34.4 Å². The Balaban J connectivity index is 2.21. The fourth-order valence-electron chi connectivity index (χ4n) is 1.43. The highest BCUT2D eigenvalue weighted by molar-refractivity contribution is 9.10. The summed E-state index contributed by atoms with van der Waals surface area (Å²) in [7, 11) is 1.61. The van der Waals surface area contributed by atoms with Crippen LogP contribution in [0.5, 0.6) is 5.75 Å². The number of methoxy groups -OCH3 is 1. The van der Waals surface area contributed by atoms with Gasteiger partial charge in [-0.3, -0.25) is 9.78 Å². The third kappa shape index (κ3) is 2.92. The zero-order valence-corrected chi connectivity index (χ0v) is 11.5. The van der Waals surface area contributed by atoms with Gasteiger partial charge in [-0.2, -0.15) is 0 Å². The van der Waals surface area contributed by atoms with Crippen molar-refractivity contribution in [3.63, 3.8) is 0 Å². The first-order chi connectivity index (χ1) is 8.20. The SMILES string of the molecule is COc1ccc(Br)c(CC(=O)c2cncs2)c1. The summed E-state index contributed by atoms with van der Waals surface area (Å²) in [5.41, 5.74) is 2.58. The van der Waals surface area contributed by atoms with Gasteiger partial charge >= 0.3 is 0 Å². The summed E-state index contributed by atoms with van der Waals surface area (Å²) < 4.78 is 6.05. The van der Waals surface area contributed by atoms with Crippen LogP contribution < -0.4 is 4.74 Å². The van der Waals surface area contributed by atoms with Gasteiger partial charge in [0.2, 0.25) is 0 Å². The van der Waals surface area contributed by atoms with Crippen molar-refractivity contribution < 1.29 is 9.53 Å². The van der Waals surface area contributed by atoms with E-state index in [1.165, 1.54) is 11.3 Å². The van der Waals surface area contributed by atoms with E-state index in [-0.39, 0.29) is 5.78 Å². The molecule has 2 aromatic rings. The standard InChI is InChI=1S/C12H10BrNO2S/c1-16-9-2-3-10(13)8(4-9)5-11(15)12-6-14-7-17-12/h2-4,6-7H,5H2,1H3. The van der Waals surface area contributed by atoms with E-state index in [2.05, 4.69) is 20.9 Å². The number of thiazole rings is 1. The second-order valence-electron chi connectivity index (χ2n) is 3.42. The van der Waals surface area contributed by atoms with E-state index < -0.39 is 0 Å². The van der Waals surface area contributed by atoms with E-state index in [0.717, 1.165) is 15.8 Å². The summed E-state index contributed by atoms with van der Waals surface area (Å²) >= 11 is 4.79. The quantitative estimate of drug-likeness (QED) is 0.813. The molecule has 2 rings (SSSR count). The number of ketones is 1. The minimum Gasteiger partial charge on any atom is -0.497 e. The monoisotopic (exact) mass is 311 g/mol. The maximum absolute atomic E-state index is 11.9. The van der Waals surface area contributed by atoms with Gasteiger partial charge in [-0.1, -0.05) is 15.9 Å². The number of ether oxygens (including phenoxy) is 1. The molecule has 1 aromatic heterocycles. The van der Waals surface area contributed by atoms with Gasteiger partial charge in [0.25, 0.3) is 0 Å². The van der Waals surface area contributed by atoms with Crippen LogP contribution in [0.25, 0.3) is 0 Å². The lowest BCUT2D eigenvalue weighted by Gasteiger charge is -2.06. The first-order valence-electron chi connectivity index (χ1n) is 4.95. The predicted molar refractivity (Wildman–Crippen MR) is 70.8 cm³/mol. The van der Waals surface area contributed by atoms with Crippen LogP contribution in [0.4, 0.5) is 0 Å². The lowest BCUT2D eigenvalue weighted by atomic mass is 10.1. The van der Waals surface area contributed by atoms with Gasteiger partial charge in [-0.25, -0.2) is 0 Å². The molecule has 0 atom stereocenters. The average molecular weight is 312 g/mol. The van der Waals surface area contributed by atoms with Crippen LogP contribution in [0.1, 0.15) is 15.2 Å². The zero-order chi connectivity index (χ0) is 12.3. The van der Waals surface area contributed by atoms with Crippen molar-refractivity contribution in [3.05, 3.63) is 44.8 Å². The molecule has 1 aromatic carbocycles. The number of rotatable bonds is 4. The minimum absolute atomic E-state index is 0.0708. The molecule has 0 fully saturated rings. The van der Waals surface area contributed by atoms with E-state index >= 15 is 0 Å². The smallest absolute Gasteiger partial charge is 0.178 e. The van der Waals surface area contributed by atoms with Crippen LogP contribution in [0.3, 0.4) is 0 Å². The lowest BCUT2D eigenvalue weighted by Crippen LogP contribution is -2.02. The summed E-state index contributed by atoms with van der Waals surface area (Å²) in [6.07, 6.45) is 1.95. The molecule has 88 valence electrons. The highest BCUT2D eigenvalue weighted by Gasteiger charge is 2.11. The lowest BCUT2D eigenvalue weighted by molar-refractivity contribution is 0.0996. The third-order valence-corrected chi connectivity index (χ3v) is 3.90. The minimum atomic E-state index is 0.0708. The molecule has 0 N–H and O–H groups in total. The molecule has 0 aliphatic heterocycles. The molecule has 0 unspecified atom stereocenters. The molecular formula is C12H10BrNO2S. The van der Waals surface area contributed by atoms with E-state index in [9.17, 15) is 4.79 Å². The Labute approximate surface area is 112 Å². The van der Waals surface area contributed by atoms with Crippen molar-refractivity contribution in [2.75, 3.05) is 7.11 Å². The Morgan fingerprint density at radius 3 is 3.00 bits per heavy atom. The number of carbonyl (C=O) groups excluding carboxylic acids is 1. The number of halogens is 1. The molecule has 3 nitrogen and oxygen atoms in total. The second-order valence-corrected chi connectivity index (χ2v) is 5.16. The summed E-state index contributed by atoms with van der Waals surface area (Å²) in [5.74, 6) is 0.821. The van der Waals surface area contributed by atoms with E-state index in [1.54, 1.807) is 18.8 Å². The van der Waals surface area contributed by atoms with Gasteiger partial charge in [0.05, 0.1) is 17.5 Å². The van der Waals surface area contributed by atoms with Gasteiger partial charge in [-0.15, -0.1) is 11.3 Å². The van der Waals surface area contributed by atoms with Gasteiger partial charge < -0.3 is 4.74 Å². The Bertz CT molecular complexity index is 525. The van der Waals surface area contributed by atoms with Gasteiger partial charge in [0.15, 0.2) is 5.78 Å². The maximum atomic E-state index is 11.9. The molecule has 0 radical (unpaired) electrons. The normalized spacial score (nSPS) is 10.2. The number of hydrogen-bond acceptors (Lipinski definition) is 4. The molecule has 1 heterocycles. The van der Waals surface area contributed by atoms with Crippen LogP contribution >= 0.6 is 27.3 Å². The Morgan fingerprint density at radius 2 is 2.35 bits per heavy atom. The van der Waals surface area contributed by atoms with Gasteiger partial charge in [0.1, 0.15) is 5.75 Å². The topological polar surface area (TPSA) is 39.2 Å². The van der Waals surface area contributed by atoms with E-state index in [1.807, 2.05) is 18.2 Å². The predicted octanol–water partition coefficient (Wildman–Crippen LogP) is 3.34. The van der Waals surface area contributed by atoms with Gasteiger partial charge in [0, 0.05) is 17.1 Å². The molecule has 0 saturated carbocycles. The molecule has 0 bridgehead atoms. The Morgan fingerprint density at radius 1 is 1.53 bits per heavy atom. The molecular weight excluding hydrogens is 302 g/mol. The maximum Gasteiger partial charge on any atom is 0.178 e. The summed E-state index contributed by atoms with van der Waals surface area (Å²) in [6, 6.07) is 5.60. The van der Waals surface area contributed by atoms with Crippen molar-refractivity contribution in [2.24, 2.45) is 0 Å². The average Bonchev–Trinajstić information content (AvgIpc) is 2.85. The summed E-state index contributed by atoms with van der Waals surface area (Å²) in [4.78, 5) is 16.5. The Kier molecular flexibility index (Phi) is 3.91.